The van der Waals surface area contributed by atoms with Crippen LogP contribution in [0.1, 0.15) is 29.7 Å². The average Bonchev–Trinajstić information content (AvgIpc) is 2.52. The van der Waals surface area contributed by atoms with E-state index in [2.05, 4.69) is 27.3 Å². The number of carbonyl (C=O) groups excluding carboxylic acids is 1. The number of rotatable bonds is 6. The van der Waals surface area contributed by atoms with E-state index in [-0.39, 0.29) is 18.5 Å². The summed E-state index contributed by atoms with van der Waals surface area (Å²) in [4.78, 5) is 12.5. The van der Waals surface area contributed by atoms with E-state index in [0.717, 1.165) is 27.3 Å². The van der Waals surface area contributed by atoms with Crippen molar-refractivity contribution in [1.82, 2.24) is 5.32 Å². The van der Waals surface area contributed by atoms with E-state index in [0.29, 0.717) is 10.2 Å². The third-order valence-electron chi connectivity index (χ3n) is 4.08. The molecule has 0 heterocycles. The van der Waals surface area contributed by atoms with E-state index in [4.69, 9.17) is 0 Å². The molecule has 0 saturated carbocycles. The third kappa shape index (κ3) is 5.08. The second-order valence-electron chi connectivity index (χ2n) is 6.37. The fourth-order valence-corrected chi connectivity index (χ4v) is 4.33. The van der Waals surface area contributed by atoms with Crippen LogP contribution in [0.15, 0.2) is 46.9 Å². The summed E-state index contributed by atoms with van der Waals surface area (Å²) < 4.78 is 26.1. The van der Waals surface area contributed by atoms with Gasteiger partial charge in [0.05, 0.1) is 18.0 Å². The minimum atomic E-state index is -3.61. The maximum absolute atomic E-state index is 12.5. The standard InChI is InChI=1S/C19H23BrN2O3S/c1-13-9-10-16(14(2)11-13)15(3)21-19(23)12-22(26(4,24)25)18-8-6-5-7-17(18)20/h5-11,15H,12H2,1-4H3,(H,21,23)/t15-/m0/s1. The van der Waals surface area contributed by atoms with Crippen LogP contribution in [0.4, 0.5) is 5.69 Å². The van der Waals surface area contributed by atoms with Gasteiger partial charge < -0.3 is 5.32 Å². The van der Waals surface area contributed by atoms with Gasteiger partial charge in [0.25, 0.3) is 0 Å². The van der Waals surface area contributed by atoms with Gasteiger partial charge in [0, 0.05) is 4.47 Å². The number of hydrogen-bond donors (Lipinski definition) is 1. The number of hydrogen-bond acceptors (Lipinski definition) is 3. The van der Waals surface area contributed by atoms with E-state index >= 15 is 0 Å². The molecule has 2 aromatic rings. The molecule has 2 rings (SSSR count). The van der Waals surface area contributed by atoms with Gasteiger partial charge in [-0.15, -0.1) is 0 Å². The first-order chi connectivity index (χ1) is 12.1. The summed E-state index contributed by atoms with van der Waals surface area (Å²) in [6.07, 6.45) is 1.09. The van der Waals surface area contributed by atoms with Crippen molar-refractivity contribution in [3.63, 3.8) is 0 Å². The van der Waals surface area contributed by atoms with E-state index < -0.39 is 10.0 Å². The predicted octanol–water partition coefficient (Wildman–Crippen LogP) is 3.71. The zero-order valence-corrected chi connectivity index (χ0v) is 17.7. The number of nitrogens with zero attached hydrogens (tertiary/aromatic N) is 1. The van der Waals surface area contributed by atoms with Gasteiger partial charge in [0.1, 0.15) is 6.54 Å². The smallest absolute Gasteiger partial charge is 0.241 e. The summed E-state index contributed by atoms with van der Waals surface area (Å²) in [6, 6.07) is 12.7. The zero-order chi connectivity index (χ0) is 19.5. The molecule has 0 aromatic heterocycles. The lowest BCUT2D eigenvalue weighted by molar-refractivity contribution is -0.120. The number of sulfonamides is 1. The topological polar surface area (TPSA) is 66.5 Å². The molecule has 2 aromatic carbocycles. The van der Waals surface area contributed by atoms with E-state index in [1.54, 1.807) is 24.3 Å². The van der Waals surface area contributed by atoms with Crippen molar-refractivity contribution in [1.29, 1.82) is 0 Å². The Morgan fingerprint density at radius 1 is 1.19 bits per heavy atom. The SMILES string of the molecule is Cc1ccc([C@H](C)NC(=O)CN(c2ccccc2Br)S(C)(=O)=O)c(C)c1. The molecule has 5 nitrogen and oxygen atoms in total. The Labute approximate surface area is 163 Å². The summed E-state index contributed by atoms with van der Waals surface area (Å²) in [6.45, 7) is 5.62. The zero-order valence-electron chi connectivity index (χ0n) is 15.3. The van der Waals surface area contributed by atoms with Gasteiger partial charge in [-0.1, -0.05) is 35.9 Å². The molecule has 26 heavy (non-hydrogen) atoms. The minimum Gasteiger partial charge on any atom is -0.348 e. The highest BCUT2D eigenvalue weighted by Gasteiger charge is 2.23. The Balaban J connectivity index is 2.19. The average molecular weight is 439 g/mol. The molecule has 0 bridgehead atoms. The Hall–Kier alpha value is -1.86. The van der Waals surface area contributed by atoms with Gasteiger partial charge in [0.2, 0.25) is 15.9 Å². The van der Waals surface area contributed by atoms with Crippen LogP contribution in [-0.4, -0.2) is 27.1 Å². The summed E-state index contributed by atoms with van der Waals surface area (Å²) in [7, 11) is -3.61. The van der Waals surface area contributed by atoms with Crippen molar-refractivity contribution in [2.75, 3.05) is 17.1 Å². The molecule has 0 radical (unpaired) electrons. The Kier molecular flexibility index (Phi) is 6.47. The number of aryl methyl sites for hydroxylation is 2. The molecule has 0 unspecified atom stereocenters. The lowest BCUT2D eigenvalue weighted by atomic mass is 10.0. The van der Waals surface area contributed by atoms with Crippen LogP contribution in [0, 0.1) is 13.8 Å². The molecule has 0 aliphatic heterocycles. The van der Waals surface area contributed by atoms with Crippen LogP contribution in [0.5, 0.6) is 0 Å². The molecule has 0 aliphatic rings. The Morgan fingerprint density at radius 2 is 1.85 bits per heavy atom. The first kappa shape index (κ1) is 20.5. The van der Waals surface area contributed by atoms with Gasteiger partial charge in [-0.05, 0) is 60.0 Å². The van der Waals surface area contributed by atoms with Gasteiger partial charge in [-0.25, -0.2) is 8.42 Å². The van der Waals surface area contributed by atoms with Crippen LogP contribution in [0.2, 0.25) is 0 Å². The molecular formula is C19H23BrN2O3S. The minimum absolute atomic E-state index is 0.219. The van der Waals surface area contributed by atoms with Crippen molar-refractivity contribution < 1.29 is 13.2 Å². The molecule has 0 aliphatic carbocycles. The van der Waals surface area contributed by atoms with E-state index in [9.17, 15) is 13.2 Å². The van der Waals surface area contributed by atoms with Crippen LogP contribution < -0.4 is 9.62 Å². The fraction of sp³-hybridized carbons (Fsp3) is 0.316. The number of halogens is 1. The highest BCUT2D eigenvalue weighted by Crippen LogP contribution is 2.27. The Bertz CT molecular complexity index is 913. The van der Waals surface area contributed by atoms with Gasteiger partial charge in [-0.2, -0.15) is 0 Å². The number of nitrogens with one attached hydrogen (secondary N) is 1. The third-order valence-corrected chi connectivity index (χ3v) is 5.88. The van der Waals surface area contributed by atoms with Crippen molar-refractivity contribution in [2.45, 2.75) is 26.8 Å². The number of carbonyl (C=O) groups is 1. The van der Waals surface area contributed by atoms with Crippen LogP contribution >= 0.6 is 15.9 Å². The predicted molar refractivity (Wildman–Crippen MR) is 109 cm³/mol. The largest absolute Gasteiger partial charge is 0.348 e. The number of para-hydroxylation sites is 1. The summed E-state index contributed by atoms with van der Waals surface area (Å²) >= 11 is 3.35. The Morgan fingerprint density at radius 3 is 2.42 bits per heavy atom. The molecular weight excluding hydrogens is 416 g/mol. The monoisotopic (exact) mass is 438 g/mol. The van der Waals surface area contributed by atoms with Gasteiger partial charge in [-0.3, -0.25) is 9.10 Å². The van der Waals surface area contributed by atoms with Gasteiger partial charge >= 0.3 is 0 Å². The number of anilines is 1. The quantitative estimate of drug-likeness (QED) is 0.747. The molecule has 7 heteroatoms. The molecule has 1 N–H and O–H groups in total. The molecule has 0 spiro atoms. The molecule has 1 amide bonds. The van der Waals surface area contributed by atoms with Crippen LogP contribution in [0.3, 0.4) is 0 Å². The van der Waals surface area contributed by atoms with E-state index in [1.165, 1.54) is 0 Å². The molecule has 0 fully saturated rings. The highest BCUT2D eigenvalue weighted by molar-refractivity contribution is 9.10. The lowest BCUT2D eigenvalue weighted by Crippen LogP contribution is -2.41. The fourth-order valence-electron chi connectivity index (χ4n) is 2.84. The highest BCUT2D eigenvalue weighted by atomic mass is 79.9. The number of benzene rings is 2. The van der Waals surface area contributed by atoms with Crippen molar-refractivity contribution >= 4 is 37.5 Å². The maximum Gasteiger partial charge on any atom is 0.241 e. The molecule has 140 valence electrons. The van der Waals surface area contributed by atoms with Crippen molar-refractivity contribution in [2.24, 2.45) is 0 Å². The second kappa shape index (κ2) is 8.22. The first-order valence-corrected chi connectivity index (χ1v) is 10.8. The second-order valence-corrected chi connectivity index (χ2v) is 9.13. The summed E-state index contributed by atoms with van der Waals surface area (Å²) in [5.74, 6) is -0.362. The summed E-state index contributed by atoms with van der Waals surface area (Å²) in [5.41, 5.74) is 3.69. The van der Waals surface area contributed by atoms with Crippen LogP contribution in [-0.2, 0) is 14.8 Å². The normalized spacial score (nSPS) is 12.5. The molecule has 0 saturated heterocycles. The van der Waals surface area contributed by atoms with Crippen LogP contribution in [0.25, 0.3) is 0 Å². The van der Waals surface area contributed by atoms with Crippen molar-refractivity contribution in [3.8, 4) is 0 Å². The van der Waals surface area contributed by atoms with E-state index in [1.807, 2.05) is 32.9 Å². The number of amides is 1. The first-order valence-electron chi connectivity index (χ1n) is 8.18. The summed E-state index contributed by atoms with van der Waals surface area (Å²) in [5, 5.41) is 2.89. The van der Waals surface area contributed by atoms with Crippen molar-refractivity contribution in [3.05, 3.63) is 63.6 Å². The molecule has 1 atom stereocenters. The lowest BCUT2D eigenvalue weighted by Gasteiger charge is -2.24. The maximum atomic E-state index is 12.5. The van der Waals surface area contributed by atoms with Gasteiger partial charge in [0.15, 0.2) is 0 Å².